The van der Waals surface area contributed by atoms with E-state index in [0.717, 1.165) is 0 Å². The first kappa shape index (κ1) is 10.4. The van der Waals surface area contributed by atoms with Gasteiger partial charge in [-0.05, 0) is 13.3 Å². The van der Waals surface area contributed by atoms with Gasteiger partial charge in [0, 0.05) is 0 Å². The van der Waals surface area contributed by atoms with Crippen LogP contribution in [-0.4, -0.2) is 19.2 Å². The Morgan fingerprint density at radius 1 is 1.64 bits per heavy atom. The molecule has 0 aliphatic carbocycles. The van der Waals surface area contributed by atoms with E-state index in [2.05, 4.69) is 4.84 Å². The Balaban J connectivity index is 3.46. The van der Waals surface area contributed by atoms with E-state index in [9.17, 15) is 4.79 Å². The summed E-state index contributed by atoms with van der Waals surface area (Å²) in [5.41, 5.74) is 0. The van der Waals surface area contributed by atoms with Gasteiger partial charge in [0.1, 0.15) is 0 Å². The normalized spacial score (nSPS) is 12.6. The molecule has 2 N–H and O–H groups in total. The van der Waals surface area contributed by atoms with Gasteiger partial charge in [-0.1, -0.05) is 6.92 Å². The zero-order valence-corrected chi connectivity index (χ0v) is 7.00. The summed E-state index contributed by atoms with van der Waals surface area (Å²) in [5, 5.41) is 0. The molecule has 0 aromatic heterocycles. The summed E-state index contributed by atoms with van der Waals surface area (Å²) in [7, 11) is 0. The molecule has 0 heterocycles. The Labute approximate surface area is 66.6 Å². The fourth-order valence-electron chi connectivity index (χ4n) is 0.647. The van der Waals surface area contributed by atoms with E-state index >= 15 is 0 Å². The molecule has 4 heteroatoms. The van der Waals surface area contributed by atoms with Crippen LogP contribution < -0.4 is 5.90 Å². The summed E-state index contributed by atoms with van der Waals surface area (Å²) in [5.74, 6) is 4.48. The largest absolute Gasteiger partial charge is 0.466 e. The fraction of sp³-hybridized carbons (Fsp3) is 0.857. The Bertz CT molecular complexity index is 116. The van der Waals surface area contributed by atoms with Crippen molar-refractivity contribution in [3.63, 3.8) is 0 Å². The molecule has 1 atom stereocenters. The first-order valence-electron chi connectivity index (χ1n) is 3.70. The quantitative estimate of drug-likeness (QED) is 0.470. The Morgan fingerprint density at radius 2 is 2.27 bits per heavy atom. The highest BCUT2D eigenvalue weighted by molar-refractivity contribution is 5.71. The molecule has 0 aliphatic heterocycles. The first-order valence-corrected chi connectivity index (χ1v) is 3.70. The molecular weight excluding hydrogens is 146 g/mol. The first-order chi connectivity index (χ1) is 5.22. The van der Waals surface area contributed by atoms with Crippen molar-refractivity contribution in [3.8, 4) is 0 Å². The van der Waals surface area contributed by atoms with E-state index in [-0.39, 0.29) is 11.9 Å². The van der Waals surface area contributed by atoms with Crippen LogP contribution in [-0.2, 0) is 14.4 Å². The third-order valence-electron chi connectivity index (χ3n) is 1.36. The summed E-state index contributed by atoms with van der Waals surface area (Å²) < 4.78 is 4.77. The maximum atomic E-state index is 10.9. The van der Waals surface area contributed by atoms with Crippen LogP contribution in [0.15, 0.2) is 0 Å². The monoisotopic (exact) mass is 161 g/mol. The van der Waals surface area contributed by atoms with Gasteiger partial charge in [0.25, 0.3) is 0 Å². The summed E-state index contributed by atoms with van der Waals surface area (Å²) in [4.78, 5) is 15.3. The second-order valence-electron chi connectivity index (χ2n) is 2.31. The summed E-state index contributed by atoms with van der Waals surface area (Å²) in [6.07, 6.45) is 0.606. The third-order valence-corrected chi connectivity index (χ3v) is 1.36. The molecule has 0 unspecified atom stereocenters. The Hall–Kier alpha value is -0.610. The lowest BCUT2D eigenvalue weighted by Gasteiger charge is -2.08. The van der Waals surface area contributed by atoms with Crippen LogP contribution in [0.3, 0.4) is 0 Å². The summed E-state index contributed by atoms with van der Waals surface area (Å²) in [6.45, 7) is 4.38. The van der Waals surface area contributed by atoms with Crippen LogP contribution in [0.5, 0.6) is 0 Å². The molecule has 0 saturated heterocycles. The molecule has 0 aliphatic rings. The number of carbonyl (C=O) groups is 1. The summed E-state index contributed by atoms with van der Waals surface area (Å²) >= 11 is 0. The van der Waals surface area contributed by atoms with Gasteiger partial charge in [-0.2, -0.15) is 0 Å². The van der Waals surface area contributed by atoms with E-state index in [4.69, 9.17) is 10.6 Å². The van der Waals surface area contributed by atoms with Gasteiger partial charge in [-0.25, -0.2) is 5.90 Å². The van der Waals surface area contributed by atoms with E-state index in [1.54, 1.807) is 13.8 Å². The van der Waals surface area contributed by atoms with Crippen molar-refractivity contribution >= 4 is 5.97 Å². The van der Waals surface area contributed by atoms with Gasteiger partial charge in [0.15, 0.2) is 0 Å². The zero-order chi connectivity index (χ0) is 8.69. The van der Waals surface area contributed by atoms with Crippen molar-refractivity contribution < 1.29 is 14.4 Å². The van der Waals surface area contributed by atoms with E-state index in [0.29, 0.717) is 19.6 Å². The van der Waals surface area contributed by atoms with Gasteiger partial charge >= 0.3 is 5.97 Å². The molecule has 0 rings (SSSR count). The molecule has 0 saturated carbocycles. The molecule has 11 heavy (non-hydrogen) atoms. The average Bonchev–Trinajstić information content (AvgIpc) is 2.00. The molecule has 0 aromatic carbocycles. The van der Waals surface area contributed by atoms with Crippen molar-refractivity contribution in [2.75, 3.05) is 13.2 Å². The molecule has 0 amide bonds. The predicted molar refractivity (Wildman–Crippen MR) is 40.6 cm³/mol. The maximum absolute atomic E-state index is 10.9. The number of esters is 1. The second-order valence-corrected chi connectivity index (χ2v) is 2.31. The Morgan fingerprint density at radius 3 is 2.73 bits per heavy atom. The van der Waals surface area contributed by atoms with Crippen molar-refractivity contribution in [1.29, 1.82) is 0 Å². The van der Waals surface area contributed by atoms with Gasteiger partial charge in [-0.3, -0.25) is 4.79 Å². The molecule has 0 spiro atoms. The minimum atomic E-state index is -0.190. The van der Waals surface area contributed by atoms with E-state index < -0.39 is 0 Å². The predicted octanol–water partition coefficient (Wildman–Crippen LogP) is 0.466. The highest BCUT2D eigenvalue weighted by atomic mass is 16.6. The molecule has 66 valence electrons. The number of ether oxygens (including phenoxy) is 1. The van der Waals surface area contributed by atoms with Crippen LogP contribution >= 0.6 is 0 Å². The number of hydrogen-bond donors (Lipinski definition) is 1. The smallest absolute Gasteiger partial charge is 0.308 e. The van der Waals surface area contributed by atoms with E-state index in [1.165, 1.54) is 0 Å². The zero-order valence-electron chi connectivity index (χ0n) is 7.00. The van der Waals surface area contributed by atoms with Crippen molar-refractivity contribution in [3.05, 3.63) is 0 Å². The van der Waals surface area contributed by atoms with Crippen molar-refractivity contribution in [2.45, 2.75) is 20.3 Å². The van der Waals surface area contributed by atoms with Gasteiger partial charge in [-0.15, -0.1) is 0 Å². The SMILES string of the molecule is CCOC(=O)[C@@H](C)CCON. The maximum Gasteiger partial charge on any atom is 0.308 e. The minimum absolute atomic E-state index is 0.126. The highest BCUT2D eigenvalue weighted by Crippen LogP contribution is 2.03. The highest BCUT2D eigenvalue weighted by Gasteiger charge is 2.12. The fourth-order valence-corrected chi connectivity index (χ4v) is 0.647. The van der Waals surface area contributed by atoms with Gasteiger partial charge in [0.2, 0.25) is 0 Å². The molecule has 4 nitrogen and oxygen atoms in total. The van der Waals surface area contributed by atoms with Crippen molar-refractivity contribution in [1.82, 2.24) is 0 Å². The Kier molecular flexibility index (Phi) is 5.78. The van der Waals surface area contributed by atoms with Crippen molar-refractivity contribution in [2.24, 2.45) is 11.8 Å². The minimum Gasteiger partial charge on any atom is -0.466 e. The molecular formula is C7H15NO3. The average molecular weight is 161 g/mol. The number of hydrogen-bond acceptors (Lipinski definition) is 4. The topological polar surface area (TPSA) is 61.5 Å². The lowest BCUT2D eigenvalue weighted by molar-refractivity contribution is -0.148. The number of nitrogens with two attached hydrogens (primary N) is 1. The molecule has 0 radical (unpaired) electrons. The summed E-state index contributed by atoms with van der Waals surface area (Å²) in [6, 6.07) is 0. The van der Waals surface area contributed by atoms with Crippen LogP contribution in [0.25, 0.3) is 0 Å². The molecule has 0 aromatic rings. The van der Waals surface area contributed by atoms with Gasteiger partial charge < -0.3 is 9.57 Å². The molecule has 0 bridgehead atoms. The van der Waals surface area contributed by atoms with Crippen LogP contribution in [0.1, 0.15) is 20.3 Å². The number of rotatable bonds is 5. The second kappa shape index (κ2) is 6.12. The van der Waals surface area contributed by atoms with Crippen LogP contribution in [0.4, 0.5) is 0 Å². The standard InChI is InChI=1S/C7H15NO3/c1-3-10-7(9)6(2)4-5-11-8/h6H,3-5,8H2,1-2H3/t6-/m0/s1. The number of carbonyl (C=O) groups excluding carboxylic acids is 1. The van der Waals surface area contributed by atoms with Crippen LogP contribution in [0.2, 0.25) is 0 Å². The van der Waals surface area contributed by atoms with E-state index in [1.807, 2.05) is 0 Å². The third kappa shape index (κ3) is 4.75. The lowest BCUT2D eigenvalue weighted by Crippen LogP contribution is -2.17. The van der Waals surface area contributed by atoms with Crippen LogP contribution in [0, 0.1) is 5.92 Å². The molecule has 0 fully saturated rings. The lowest BCUT2D eigenvalue weighted by atomic mass is 10.1. The van der Waals surface area contributed by atoms with Gasteiger partial charge in [0.05, 0.1) is 19.1 Å².